The Balaban J connectivity index is 1.96. The minimum absolute atomic E-state index is 0.0129. The summed E-state index contributed by atoms with van der Waals surface area (Å²) in [5, 5.41) is 7.74. The van der Waals surface area contributed by atoms with Crippen LogP contribution in [0.5, 0.6) is 5.75 Å². The fraction of sp³-hybridized carbons (Fsp3) is 0.381. The Labute approximate surface area is 163 Å². The second-order valence-corrected chi connectivity index (χ2v) is 6.89. The molecule has 0 fully saturated rings. The molecule has 1 amide bonds. The summed E-state index contributed by atoms with van der Waals surface area (Å²) in [6.45, 7) is 7.98. The lowest BCUT2D eigenvalue weighted by molar-refractivity contribution is 0.102. The third kappa shape index (κ3) is 4.08. The fourth-order valence-electron chi connectivity index (χ4n) is 3.20. The van der Waals surface area contributed by atoms with E-state index in [1.807, 2.05) is 13.8 Å². The van der Waals surface area contributed by atoms with Gasteiger partial charge in [0.1, 0.15) is 17.2 Å². The summed E-state index contributed by atoms with van der Waals surface area (Å²) in [5.41, 5.74) is -0.0307. The molecular weight excluding hydrogens is 358 g/mol. The monoisotopic (exact) mass is 383 g/mol. The molecule has 0 aliphatic rings. The van der Waals surface area contributed by atoms with Crippen LogP contribution in [-0.4, -0.2) is 21.8 Å². The number of aromatic nitrogens is 2. The van der Waals surface area contributed by atoms with Gasteiger partial charge in [0.2, 0.25) is 0 Å². The first-order valence-electron chi connectivity index (χ1n) is 9.52. The molecule has 2 heterocycles. The summed E-state index contributed by atoms with van der Waals surface area (Å²) >= 11 is 0. The fourth-order valence-corrected chi connectivity index (χ4v) is 3.20. The summed E-state index contributed by atoms with van der Waals surface area (Å²) in [6, 6.07) is 8.26. The normalized spacial score (nSPS) is 11.4. The van der Waals surface area contributed by atoms with Crippen molar-refractivity contribution in [2.24, 2.45) is 0 Å². The molecule has 148 valence electrons. The number of hydrogen-bond acceptors (Lipinski definition) is 5. The maximum Gasteiger partial charge on any atom is 0.337 e. The van der Waals surface area contributed by atoms with E-state index in [9.17, 15) is 9.59 Å². The molecule has 3 aromatic rings. The molecule has 2 aromatic heterocycles. The number of fused-ring (bicyclic) bond motifs is 1. The first-order valence-corrected chi connectivity index (χ1v) is 9.52. The van der Waals surface area contributed by atoms with Gasteiger partial charge in [-0.15, -0.1) is 0 Å². The molecule has 0 aliphatic heterocycles. The summed E-state index contributed by atoms with van der Waals surface area (Å²) < 4.78 is 12.7. The molecule has 1 N–H and O–H groups in total. The van der Waals surface area contributed by atoms with Crippen LogP contribution in [0.15, 0.2) is 45.7 Å². The number of rotatable bonds is 7. The smallest absolute Gasteiger partial charge is 0.337 e. The highest BCUT2D eigenvalue weighted by atomic mass is 16.5. The molecule has 7 heteroatoms. The van der Waals surface area contributed by atoms with Crippen molar-refractivity contribution in [3.05, 3.63) is 52.5 Å². The molecule has 1 aromatic carbocycles. The molecule has 0 saturated heterocycles. The number of amides is 1. The molecular formula is C21H25N3O4. The highest BCUT2D eigenvalue weighted by Crippen LogP contribution is 2.25. The minimum atomic E-state index is -0.590. The Hall–Kier alpha value is -3.09. The van der Waals surface area contributed by atoms with Gasteiger partial charge in [-0.1, -0.05) is 13.8 Å². The van der Waals surface area contributed by atoms with E-state index < -0.39 is 5.63 Å². The van der Waals surface area contributed by atoms with Gasteiger partial charge in [-0.2, -0.15) is 5.10 Å². The predicted octanol–water partition coefficient (Wildman–Crippen LogP) is 4.39. The van der Waals surface area contributed by atoms with Crippen molar-refractivity contribution in [3.8, 4) is 5.75 Å². The molecule has 0 unspecified atom stereocenters. The van der Waals surface area contributed by atoms with E-state index in [0.29, 0.717) is 22.5 Å². The van der Waals surface area contributed by atoms with Crippen molar-refractivity contribution in [1.29, 1.82) is 0 Å². The van der Waals surface area contributed by atoms with Gasteiger partial charge in [0.15, 0.2) is 0 Å². The molecule has 0 saturated carbocycles. The van der Waals surface area contributed by atoms with Gasteiger partial charge < -0.3 is 14.5 Å². The molecule has 28 heavy (non-hydrogen) atoms. The number of carbonyl (C=O) groups excluding carboxylic acids is 1. The first kappa shape index (κ1) is 19.7. The van der Waals surface area contributed by atoms with E-state index in [1.54, 1.807) is 35.1 Å². The van der Waals surface area contributed by atoms with Crippen LogP contribution in [0.3, 0.4) is 0 Å². The van der Waals surface area contributed by atoms with Crippen LogP contribution in [0.1, 0.15) is 56.9 Å². The Bertz CT molecular complexity index is 1030. The summed E-state index contributed by atoms with van der Waals surface area (Å²) in [4.78, 5) is 24.9. The number of ether oxygens (including phenoxy) is 1. The number of nitrogens with one attached hydrogen (secondary N) is 1. The maximum atomic E-state index is 12.9. The van der Waals surface area contributed by atoms with Gasteiger partial charge >= 0.3 is 5.63 Å². The van der Waals surface area contributed by atoms with E-state index in [-0.39, 0.29) is 23.6 Å². The molecule has 0 bridgehead atoms. The highest BCUT2D eigenvalue weighted by Gasteiger charge is 2.18. The van der Waals surface area contributed by atoms with E-state index in [1.165, 1.54) is 6.07 Å². The summed E-state index contributed by atoms with van der Waals surface area (Å²) in [5.74, 6) is 0.790. The van der Waals surface area contributed by atoms with Gasteiger partial charge in [-0.25, -0.2) is 9.48 Å². The lowest BCUT2D eigenvalue weighted by atomic mass is 10.1. The van der Waals surface area contributed by atoms with Crippen LogP contribution in [0.4, 0.5) is 5.82 Å². The van der Waals surface area contributed by atoms with E-state index in [4.69, 9.17) is 9.15 Å². The second-order valence-electron chi connectivity index (χ2n) is 6.89. The Morgan fingerprint density at radius 2 is 1.96 bits per heavy atom. The largest absolute Gasteiger partial charge is 0.491 e. The van der Waals surface area contributed by atoms with Gasteiger partial charge in [0.25, 0.3) is 5.91 Å². The molecule has 3 rings (SSSR count). The van der Waals surface area contributed by atoms with Gasteiger partial charge in [-0.05, 0) is 38.8 Å². The standard InChI is InChI=1S/C21H25N3O4/c1-5-14(6-2)24-19(9-10-22-24)23-21(26)17-12-20(25)28-18-11-15(27-13(3)4)7-8-16(17)18/h7-14H,5-6H2,1-4H3,(H,23,26). The zero-order valence-corrected chi connectivity index (χ0v) is 16.6. The zero-order chi connectivity index (χ0) is 20.3. The number of carbonyl (C=O) groups is 1. The van der Waals surface area contributed by atoms with E-state index in [0.717, 1.165) is 12.8 Å². The van der Waals surface area contributed by atoms with Crippen molar-refractivity contribution in [2.75, 3.05) is 5.32 Å². The maximum absolute atomic E-state index is 12.9. The van der Waals surface area contributed by atoms with Crippen LogP contribution in [0.25, 0.3) is 11.0 Å². The average molecular weight is 383 g/mol. The van der Waals surface area contributed by atoms with Crippen molar-refractivity contribution < 1.29 is 13.9 Å². The number of hydrogen-bond donors (Lipinski definition) is 1. The zero-order valence-electron chi connectivity index (χ0n) is 16.6. The molecule has 0 atom stereocenters. The number of nitrogens with zero attached hydrogens (tertiary/aromatic N) is 2. The predicted molar refractivity (Wildman–Crippen MR) is 108 cm³/mol. The van der Waals surface area contributed by atoms with Crippen LogP contribution in [-0.2, 0) is 0 Å². The average Bonchev–Trinajstić information content (AvgIpc) is 3.09. The molecule has 7 nitrogen and oxygen atoms in total. The van der Waals surface area contributed by atoms with Crippen LogP contribution in [0.2, 0.25) is 0 Å². The van der Waals surface area contributed by atoms with Gasteiger partial charge in [0.05, 0.1) is 23.9 Å². The van der Waals surface area contributed by atoms with Crippen LogP contribution in [0, 0.1) is 0 Å². The van der Waals surface area contributed by atoms with Gasteiger partial charge in [-0.3, -0.25) is 4.79 Å². The highest BCUT2D eigenvalue weighted by molar-refractivity contribution is 6.11. The summed E-state index contributed by atoms with van der Waals surface area (Å²) in [6.07, 6.45) is 3.44. The van der Waals surface area contributed by atoms with Crippen molar-refractivity contribution in [2.45, 2.75) is 52.7 Å². The quantitative estimate of drug-likeness (QED) is 0.612. The minimum Gasteiger partial charge on any atom is -0.491 e. The van der Waals surface area contributed by atoms with Crippen LogP contribution >= 0.6 is 0 Å². The topological polar surface area (TPSA) is 86.4 Å². The Kier molecular flexibility index (Phi) is 5.82. The second kappa shape index (κ2) is 8.29. The first-order chi connectivity index (χ1) is 13.4. The SMILES string of the molecule is CCC(CC)n1nccc1NC(=O)c1cc(=O)oc2cc(OC(C)C)ccc12. The van der Waals surface area contributed by atoms with Gasteiger partial charge in [0, 0.05) is 23.6 Å². The summed E-state index contributed by atoms with van der Waals surface area (Å²) in [7, 11) is 0. The van der Waals surface area contributed by atoms with Crippen LogP contribution < -0.4 is 15.7 Å². The third-order valence-electron chi connectivity index (χ3n) is 4.53. The van der Waals surface area contributed by atoms with E-state index in [2.05, 4.69) is 24.3 Å². The lowest BCUT2D eigenvalue weighted by Gasteiger charge is -2.17. The van der Waals surface area contributed by atoms with Crippen molar-refractivity contribution >= 4 is 22.7 Å². The molecule has 0 aliphatic carbocycles. The number of anilines is 1. The Morgan fingerprint density at radius 1 is 1.21 bits per heavy atom. The van der Waals surface area contributed by atoms with E-state index >= 15 is 0 Å². The van der Waals surface area contributed by atoms with Crippen molar-refractivity contribution in [1.82, 2.24) is 9.78 Å². The lowest BCUT2D eigenvalue weighted by Crippen LogP contribution is -2.19. The number of benzene rings is 1. The third-order valence-corrected chi connectivity index (χ3v) is 4.53. The molecule has 0 spiro atoms. The van der Waals surface area contributed by atoms with Crippen molar-refractivity contribution in [3.63, 3.8) is 0 Å². The molecule has 0 radical (unpaired) electrons. The Morgan fingerprint density at radius 3 is 2.64 bits per heavy atom.